The first-order valence-electron chi connectivity index (χ1n) is 6.24. The molecule has 2 aliphatic heterocycles. The Kier molecular flexibility index (Phi) is 3.43. The molecule has 0 saturated carbocycles. The van der Waals surface area contributed by atoms with Gasteiger partial charge in [0.15, 0.2) is 11.9 Å². The fourth-order valence-corrected chi connectivity index (χ4v) is 2.20. The van der Waals surface area contributed by atoms with Crippen molar-refractivity contribution in [1.29, 1.82) is 0 Å². The lowest BCUT2D eigenvalue weighted by Gasteiger charge is -2.18. The summed E-state index contributed by atoms with van der Waals surface area (Å²) in [5.74, 6) is -0.493. The Morgan fingerprint density at radius 3 is 2.47 bits per heavy atom. The number of rotatable bonds is 4. The molecule has 17 heavy (non-hydrogen) atoms. The highest BCUT2D eigenvalue weighted by molar-refractivity contribution is 5.83. The van der Waals surface area contributed by atoms with Gasteiger partial charge in [-0.05, 0) is 27.7 Å². The van der Waals surface area contributed by atoms with Gasteiger partial charge in [-0.1, -0.05) is 0 Å². The minimum absolute atomic E-state index is 0.0632. The molecule has 2 aliphatic rings. The summed E-state index contributed by atoms with van der Waals surface area (Å²) in [6.07, 6.45) is -0.586. The minimum Gasteiger partial charge on any atom is -0.356 e. The van der Waals surface area contributed by atoms with E-state index in [2.05, 4.69) is 0 Å². The van der Waals surface area contributed by atoms with Crippen LogP contribution in [0.5, 0.6) is 0 Å². The van der Waals surface area contributed by atoms with E-state index in [0.29, 0.717) is 6.61 Å². The quantitative estimate of drug-likeness (QED) is 0.684. The van der Waals surface area contributed by atoms with Gasteiger partial charge in [0.05, 0.1) is 6.61 Å². The monoisotopic (exact) mass is 243 g/mol. The molecule has 0 aliphatic carbocycles. The Labute approximate surface area is 102 Å². The van der Waals surface area contributed by atoms with Crippen LogP contribution in [-0.4, -0.2) is 54.6 Å². The molecule has 0 N–H and O–H groups in total. The van der Waals surface area contributed by atoms with Crippen LogP contribution in [0.4, 0.5) is 0 Å². The first kappa shape index (κ1) is 12.8. The van der Waals surface area contributed by atoms with E-state index in [1.807, 2.05) is 27.7 Å². The molecule has 0 unspecified atom stereocenters. The van der Waals surface area contributed by atoms with Gasteiger partial charge in [-0.2, -0.15) is 0 Å². The average molecular weight is 243 g/mol. The predicted molar refractivity (Wildman–Crippen MR) is 61.5 cm³/mol. The Balaban J connectivity index is 1.87. The van der Waals surface area contributed by atoms with Crippen molar-refractivity contribution in [2.75, 3.05) is 19.7 Å². The van der Waals surface area contributed by atoms with Crippen molar-refractivity contribution in [3.05, 3.63) is 0 Å². The Morgan fingerprint density at radius 2 is 2.00 bits per heavy atom. The fraction of sp³-hybridized carbons (Fsp3) is 0.917. The first-order valence-corrected chi connectivity index (χ1v) is 6.24. The maximum atomic E-state index is 12.0. The standard InChI is InChI=1S/C12H21NO4/c1-5-13(6-2)11(14)10-9(16-10)8-7-15-12(3,4)17-8/h8-10H,5-7H2,1-4H3/t8-,9+,10-/m1/s1. The van der Waals surface area contributed by atoms with Gasteiger partial charge in [-0.15, -0.1) is 0 Å². The largest absolute Gasteiger partial charge is 0.356 e. The summed E-state index contributed by atoms with van der Waals surface area (Å²) in [4.78, 5) is 13.8. The van der Waals surface area contributed by atoms with Gasteiger partial charge in [0.25, 0.3) is 5.91 Å². The summed E-state index contributed by atoms with van der Waals surface area (Å²) in [6, 6.07) is 0. The summed E-state index contributed by atoms with van der Waals surface area (Å²) in [5.41, 5.74) is 0. The van der Waals surface area contributed by atoms with Gasteiger partial charge in [0, 0.05) is 13.1 Å². The van der Waals surface area contributed by atoms with Crippen LogP contribution in [0.25, 0.3) is 0 Å². The van der Waals surface area contributed by atoms with Crippen molar-refractivity contribution in [3.63, 3.8) is 0 Å². The topological polar surface area (TPSA) is 51.3 Å². The molecule has 0 spiro atoms. The van der Waals surface area contributed by atoms with E-state index in [1.54, 1.807) is 4.90 Å². The van der Waals surface area contributed by atoms with Crippen molar-refractivity contribution in [3.8, 4) is 0 Å². The number of carbonyl (C=O) groups is 1. The van der Waals surface area contributed by atoms with Crippen molar-refractivity contribution in [2.45, 2.75) is 51.8 Å². The Hall–Kier alpha value is -0.650. The van der Waals surface area contributed by atoms with E-state index in [4.69, 9.17) is 14.2 Å². The van der Waals surface area contributed by atoms with Gasteiger partial charge in [-0.25, -0.2) is 0 Å². The number of ether oxygens (including phenoxy) is 3. The third-order valence-corrected chi connectivity index (χ3v) is 3.24. The number of amides is 1. The molecule has 0 aromatic carbocycles. The second-order valence-corrected chi connectivity index (χ2v) is 4.90. The molecular formula is C12H21NO4. The molecule has 98 valence electrons. The second-order valence-electron chi connectivity index (χ2n) is 4.90. The highest BCUT2D eigenvalue weighted by Crippen LogP contribution is 2.35. The molecule has 2 heterocycles. The number of epoxide rings is 1. The van der Waals surface area contributed by atoms with Crippen LogP contribution in [0.2, 0.25) is 0 Å². The van der Waals surface area contributed by atoms with E-state index in [0.717, 1.165) is 13.1 Å². The average Bonchev–Trinajstić information content (AvgIpc) is 2.99. The predicted octanol–water partition coefficient (Wildman–Crippen LogP) is 0.774. The first-order chi connectivity index (χ1) is 7.98. The third kappa shape index (κ3) is 2.61. The maximum absolute atomic E-state index is 12.0. The fourth-order valence-electron chi connectivity index (χ4n) is 2.20. The van der Waals surface area contributed by atoms with Gasteiger partial charge >= 0.3 is 0 Å². The molecule has 2 fully saturated rings. The SMILES string of the molecule is CCN(CC)C(=O)[C@@H]1O[C@H]1[C@H]1COC(C)(C)O1. The van der Waals surface area contributed by atoms with Gasteiger partial charge in [-0.3, -0.25) is 4.79 Å². The molecule has 2 saturated heterocycles. The van der Waals surface area contributed by atoms with Gasteiger partial charge < -0.3 is 19.1 Å². The molecule has 0 bridgehead atoms. The van der Waals surface area contributed by atoms with E-state index < -0.39 is 5.79 Å². The molecule has 0 aromatic heterocycles. The molecule has 0 aromatic rings. The van der Waals surface area contributed by atoms with Gasteiger partial charge in [0.2, 0.25) is 0 Å². The highest BCUT2D eigenvalue weighted by Gasteiger charge is 2.55. The van der Waals surface area contributed by atoms with Crippen LogP contribution in [0.3, 0.4) is 0 Å². The van der Waals surface area contributed by atoms with E-state index >= 15 is 0 Å². The summed E-state index contributed by atoms with van der Waals surface area (Å²) in [7, 11) is 0. The lowest BCUT2D eigenvalue weighted by molar-refractivity contribution is -0.140. The normalized spacial score (nSPS) is 34.7. The number of hydrogen-bond acceptors (Lipinski definition) is 4. The maximum Gasteiger partial charge on any atom is 0.254 e. The molecule has 3 atom stereocenters. The van der Waals surface area contributed by atoms with Crippen molar-refractivity contribution in [1.82, 2.24) is 4.90 Å². The van der Waals surface area contributed by atoms with E-state index in [9.17, 15) is 4.79 Å². The van der Waals surface area contributed by atoms with E-state index in [1.165, 1.54) is 0 Å². The van der Waals surface area contributed by atoms with Crippen molar-refractivity contribution < 1.29 is 19.0 Å². The minimum atomic E-state index is -0.556. The number of hydrogen-bond donors (Lipinski definition) is 0. The summed E-state index contributed by atoms with van der Waals surface area (Å²) in [5, 5.41) is 0. The zero-order valence-corrected chi connectivity index (χ0v) is 10.9. The smallest absolute Gasteiger partial charge is 0.254 e. The van der Waals surface area contributed by atoms with Crippen molar-refractivity contribution in [2.24, 2.45) is 0 Å². The van der Waals surface area contributed by atoms with Crippen LogP contribution in [0.1, 0.15) is 27.7 Å². The summed E-state index contributed by atoms with van der Waals surface area (Å²) >= 11 is 0. The van der Waals surface area contributed by atoms with E-state index in [-0.39, 0.29) is 24.2 Å². The Bertz CT molecular complexity index is 301. The van der Waals surface area contributed by atoms with Crippen LogP contribution < -0.4 is 0 Å². The zero-order valence-electron chi connectivity index (χ0n) is 10.9. The number of carbonyl (C=O) groups excluding carboxylic acids is 1. The lowest BCUT2D eigenvalue weighted by Crippen LogP contribution is -2.36. The van der Waals surface area contributed by atoms with Crippen LogP contribution in [0, 0.1) is 0 Å². The lowest BCUT2D eigenvalue weighted by atomic mass is 10.2. The van der Waals surface area contributed by atoms with Crippen LogP contribution in [0.15, 0.2) is 0 Å². The highest BCUT2D eigenvalue weighted by atomic mass is 16.8. The van der Waals surface area contributed by atoms with Crippen LogP contribution in [-0.2, 0) is 19.0 Å². The second kappa shape index (κ2) is 4.55. The molecule has 5 nitrogen and oxygen atoms in total. The molecular weight excluding hydrogens is 222 g/mol. The van der Waals surface area contributed by atoms with Gasteiger partial charge in [0.1, 0.15) is 12.2 Å². The van der Waals surface area contributed by atoms with Crippen LogP contribution >= 0.6 is 0 Å². The van der Waals surface area contributed by atoms with Crippen molar-refractivity contribution >= 4 is 5.91 Å². The molecule has 0 radical (unpaired) electrons. The summed E-state index contributed by atoms with van der Waals surface area (Å²) in [6.45, 7) is 9.62. The number of nitrogens with zero attached hydrogens (tertiary/aromatic N) is 1. The molecule has 2 rings (SSSR count). The summed E-state index contributed by atoms with van der Waals surface area (Å²) < 4.78 is 16.6. The number of likely N-dealkylation sites (N-methyl/N-ethyl adjacent to an activating group) is 1. The molecule has 5 heteroatoms. The zero-order chi connectivity index (χ0) is 12.6. The third-order valence-electron chi connectivity index (χ3n) is 3.24. The Morgan fingerprint density at radius 1 is 1.35 bits per heavy atom. The molecule has 1 amide bonds.